The van der Waals surface area contributed by atoms with Crippen molar-refractivity contribution in [3.63, 3.8) is 0 Å². The first-order valence-electron chi connectivity index (χ1n) is 9.65. The maximum absolute atomic E-state index is 12.9. The predicted molar refractivity (Wildman–Crippen MR) is 109 cm³/mol. The summed E-state index contributed by atoms with van der Waals surface area (Å²) in [5, 5.41) is 7.70. The normalized spacial score (nSPS) is 11.7. The molecule has 3 rings (SSSR count). The number of hydrogen-bond acceptors (Lipinski definition) is 3. The van der Waals surface area contributed by atoms with E-state index >= 15 is 0 Å². The zero-order valence-corrected chi connectivity index (χ0v) is 16.6. The smallest absolute Gasteiger partial charge is 0.270 e. The predicted octanol–water partition coefficient (Wildman–Crippen LogP) is 4.61. The quantitative estimate of drug-likeness (QED) is 0.650. The molecule has 0 bridgehead atoms. The van der Waals surface area contributed by atoms with Gasteiger partial charge in [-0.2, -0.15) is 5.10 Å². The number of unbranched alkanes of at least 4 members (excludes halogenated alkanes) is 2. The molecule has 0 aliphatic heterocycles. The van der Waals surface area contributed by atoms with Gasteiger partial charge in [-0.25, -0.2) is 9.50 Å². The van der Waals surface area contributed by atoms with Crippen LogP contribution >= 0.6 is 0 Å². The first-order chi connectivity index (χ1) is 12.9. The maximum Gasteiger partial charge on any atom is 0.270 e. The largest absolute Gasteiger partial charge is 0.351 e. The zero-order valence-electron chi connectivity index (χ0n) is 16.6. The molecule has 0 atom stereocenters. The van der Waals surface area contributed by atoms with Gasteiger partial charge >= 0.3 is 0 Å². The van der Waals surface area contributed by atoms with E-state index in [2.05, 4.69) is 38.1 Å². The molecule has 1 amide bonds. The number of carbonyl (C=O) groups excluding carboxylic acids is 1. The van der Waals surface area contributed by atoms with Crippen molar-refractivity contribution < 1.29 is 4.79 Å². The molecule has 0 spiro atoms. The van der Waals surface area contributed by atoms with Crippen LogP contribution in [0.4, 0.5) is 0 Å². The lowest BCUT2D eigenvalue weighted by molar-refractivity contribution is 0.0945. The molecule has 2 heterocycles. The number of hydrogen-bond donors (Lipinski definition) is 1. The molecule has 2 aromatic heterocycles. The van der Waals surface area contributed by atoms with E-state index < -0.39 is 0 Å². The number of amides is 1. The van der Waals surface area contributed by atoms with E-state index in [-0.39, 0.29) is 11.3 Å². The Balaban J connectivity index is 2.05. The second kappa shape index (κ2) is 7.91. The Morgan fingerprint density at radius 1 is 1.11 bits per heavy atom. The molecule has 0 saturated carbocycles. The van der Waals surface area contributed by atoms with Gasteiger partial charge in [0.15, 0.2) is 5.65 Å². The average molecular weight is 364 g/mol. The van der Waals surface area contributed by atoms with Crippen molar-refractivity contribution in [2.75, 3.05) is 6.54 Å². The summed E-state index contributed by atoms with van der Waals surface area (Å²) in [6, 6.07) is 13.7. The summed E-state index contributed by atoms with van der Waals surface area (Å²) in [5.74, 6) is -0.112. The summed E-state index contributed by atoms with van der Waals surface area (Å²) in [6.07, 6.45) is 3.22. The number of benzene rings is 1. The molecular formula is C22H28N4O. The first-order valence-corrected chi connectivity index (χ1v) is 9.65. The van der Waals surface area contributed by atoms with Gasteiger partial charge in [0.2, 0.25) is 0 Å². The summed E-state index contributed by atoms with van der Waals surface area (Å²) in [6.45, 7) is 9.15. The molecule has 0 aliphatic carbocycles. The molecule has 3 aromatic rings. The van der Waals surface area contributed by atoms with E-state index in [4.69, 9.17) is 4.98 Å². The monoisotopic (exact) mass is 364 g/mol. The molecule has 0 aliphatic rings. The minimum Gasteiger partial charge on any atom is -0.351 e. The van der Waals surface area contributed by atoms with Crippen molar-refractivity contribution in [1.82, 2.24) is 19.9 Å². The van der Waals surface area contributed by atoms with Gasteiger partial charge < -0.3 is 5.32 Å². The van der Waals surface area contributed by atoms with Crippen LogP contribution in [0.2, 0.25) is 0 Å². The van der Waals surface area contributed by atoms with E-state index in [0.29, 0.717) is 17.9 Å². The molecule has 1 aromatic carbocycles. The van der Waals surface area contributed by atoms with Gasteiger partial charge in [-0.15, -0.1) is 0 Å². The third kappa shape index (κ3) is 4.35. The Kier molecular flexibility index (Phi) is 5.59. The Labute approximate surface area is 160 Å². The van der Waals surface area contributed by atoms with Crippen molar-refractivity contribution in [3.8, 4) is 11.3 Å². The highest BCUT2D eigenvalue weighted by atomic mass is 16.1. The van der Waals surface area contributed by atoms with Gasteiger partial charge in [0, 0.05) is 23.6 Å². The van der Waals surface area contributed by atoms with E-state index in [0.717, 1.165) is 36.2 Å². The van der Waals surface area contributed by atoms with E-state index in [9.17, 15) is 4.79 Å². The third-order valence-corrected chi connectivity index (χ3v) is 4.56. The minimum absolute atomic E-state index is 0.112. The molecule has 5 heteroatoms. The molecule has 0 fully saturated rings. The van der Waals surface area contributed by atoms with Gasteiger partial charge in [0.25, 0.3) is 5.91 Å². The van der Waals surface area contributed by atoms with Crippen LogP contribution in [0.25, 0.3) is 16.9 Å². The summed E-state index contributed by atoms with van der Waals surface area (Å²) in [5.41, 5.74) is 3.78. The van der Waals surface area contributed by atoms with E-state index in [1.165, 1.54) is 0 Å². The highest BCUT2D eigenvalue weighted by Crippen LogP contribution is 2.25. The Morgan fingerprint density at radius 3 is 2.52 bits per heavy atom. The standard InChI is InChI=1S/C22H28N4O/c1-5-6-10-13-23-21(27)18-14-17(16-11-8-7-9-12-16)24-20-15-19(22(2,3)4)25-26(18)20/h7-9,11-12,14-15H,5-6,10,13H2,1-4H3,(H,23,27). The van der Waals surface area contributed by atoms with Crippen molar-refractivity contribution in [1.29, 1.82) is 0 Å². The molecular weight excluding hydrogens is 336 g/mol. The lowest BCUT2D eigenvalue weighted by Gasteiger charge is -2.13. The maximum atomic E-state index is 12.9. The Bertz CT molecular complexity index is 923. The van der Waals surface area contributed by atoms with Crippen LogP contribution in [-0.4, -0.2) is 27.0 Å². The van der Waals surface area contributed by atoms with Crippen LogP contribution in [0.1, 0.15) is 63.1 Å². The van der Waals surface area contributed by atoms with Crippen LogP contribution in [0.5, 0.6) is 0 Å². The molecule has 1 N–H and O–H groups in total. The Morgan fingerprint density at radius 2 is 1.85 bits per heavy atom. The lowest BCUT2D eigenvalue weighted by Crippen LogP contribution is -2.27. The van der Waals surface area contributed by atoms with Crippen LogP contribution in [-0.2, 0) is 5.41 Å². The fourth-order valence-electron chi connectivity index (χ4n) is 2.93. The summed E-state index contributed by atoms with van der Waals surface area (Å²) in [4.78, 5) is 17.6. The molecule has 142 valence electrons. The number of carbonyl (C=O) groups is 1. The topological polar surface area (TPSA) is 59.3 Å². The minimum atomic E-state index is -0.116. The number of nitrogens with one attached hydrogen (secondary N) is 1. The SMILES string of the molecule is CCCCCNC(=O)c1cc(-c2ccccc2)nc2cc(C(C)(C)C)nn12. The van der Waals surface area contributed by atoms with E-state index in [1.807, 2.05) is 42.5 Å². The van der Waals surface area contributed by atoms with Crippen LogP contribution in [0.15, 0.2) is 42.5 Å². The number of rotatable bonds is 6. The van der Waals surface area contributed by atoms with Crippen molar-refractivity contribution in [2.24, 2.45) is 0 Å². The number of fused-ring (bicyclic) bond motifs is 1. The van der Waals surface area contributed by atoms with Crippen molar-refractivity contribution in [3.05, 3.63) is 53.9 Å². The fraction of sp³-hybridized carbons (Fsp3) is 0.409. The highest BCUT2D eigenvalue weighted by molar-refractivity contribution is 5.94. The van der Waals surface area contributed by atoms with Gasteiger partial charge in [-0.1, -0.05) is 70.9 Å². The summed E-state index contributed by atoms with van der Waals surface area (Å²) in [7, 11) is 0. The van der Waals surface area contributed by atoms with Crippen LogP contribution in [0.3, 0.4) is 0 Å². The first kappa shape index (κ1) is 19.1. The van der Waals surface area contributed by atoms with Crippen LogP contribution < -0.4 is 5.32 Å². The molecule has 27 heavy (non-hydrogen) atoms. The van der Waals surface area contributed by atoms with Gasteiger partial charge in [-0.05, 0) is 12.5 Å². The fourth-order valence-corrected chi connectivity index (χ4v) is 2.93. The highest BCUT2D eigenvalue weighted by Gasteiger charge is 2.22. The number of nitrogens with zero attached hydrogens (tertiary/aromatic N) is 3. The Hall–Kier alpha value is -2.69. The lowest BCUT2D eigenvalue weighted by atomic mass is 9.93. The molecule has 0 unspecified atom stereocenters. The second-order valence-corrected chi connectivity index (χ2v) is 7.91. The van der Waals surface area contributed by atoms with Crippen LogP contribution in [0, 0.1) is 0 Å². The average Bonchev–Trinajstić information content (AvgIpc) is 3.09. The van der Waals surface area contributed by atoms with Crippen molar-refractivity contribution in [2.45, 2.75) is 52.4 Å². The number of aromatic nitrogens is 3. The second-order valence-electron chi connectivity index (χ2n) is 7.91. The molecule has 0 radical (unpaired) electrons. The summed E-state index contributed by atoms with van der Waals surface area (Å²) >= 11 is 0. The van der Waals surface area contributed by atoms with Gasteiger partial charge in [0.05, 0.1) is 11.4 Å². The van der Waals surface area contributed by atoms with E-state index in [1.54, 1.807) is 4.52 Å². The van der Waals surface area contributed by atoms with Crippen molar-refractivity contribution >= 4 is 11.6 Å². The molecule has 5 nitrogen and oxygen atoms in total. The summed E-state index contributed by atoms with van der Waals surface area (Å²) < 4.78 is 1.67. The van der Waals surface area contributed by atoms with Gasteiger partial charge in [-0.3, -0.25) is 4.79 Å². The van der Waals surface area contributed by atoms with Gasteiger partial charge in [0.1, 0.15) is 5.69 Å². The zero-order chi connectivity index (χ0) is 19.4. The molecule has 0 saturated heterocycles. The third-order valence-electron chi connectivity index (χ3n) is 4.56.